The molecular formula is C16H19N2O5P. The van der Waals surface area contributed by atoms with Crippen LogP contribution in [0.2, 0.25) is 0 Å². The van der Waals surface area contributed by atoms with Crippen molar-refractivity contribution < 1.29 is 13.6 Å². The summed E-state index contributed by atoms with van der Waals surface area (Å²) in [5.74, 6) is -0.962. The molecule has 128 valence electrons. The number of allylic oxidation sites excluding steroid dienone is 2. The fraction of sp³-hybridized carbons (Fsp3) is 0.375. The maximum atomic E-state index is 13.2. The van der Waals surface area contributed by atoms with E-state index >= 15 is 0 Å². The number of aromatic nitrogens is 2. The van der Waals surface area contributed by atoms with Crippen LogP contribution in [0.5, 0.6) is 0 Å². The number of rotatable bonds is 5. The summed E-state index contributed by atoms with van der Waals surface area (Å²) >= 11 is 0. The molecule has 7 nitrogen and oxygen atoms in total. The largest absolute Gasteiger partial charge is 0.358 e. The average Bonchev–Trinajstić information content (AvgIpc) is 2.59. The molecule has 0 spiro atoms. The Kier molecular flexibility index (Phi) is 4.58. The van der Waals surface area contributed by atoms with Gasteiger partial charge >= 0.3 is 7.60 Å². The SMILES string of the molecule is CCOP(=O)(OCC)C1C=CCn2c(=O)c3ccccc3c(=O)n21. The van der Waals surface area contributed by atoms with Crippen LogP contribution in [-0.2, 0) is 20.2 Å². The molecule has 0 saturated heterocycles. The standard InChI is InChI=1S/C16H19N2O5P/c1-3-22-24(21,23-4-2)14-10-7-11-17-15(19)12-8-5-6-9-13(12)16(20)18(14)17/h5-10,14H,3-4,11H2,1-2H3. The summed E-state index contributed by atoms with van der Waals surface area (Å²) in [6, 6.07) is 6.61. The second kappa shape index (κ2) is 6.51. The van der Waals surface area contributed by atoms with E-state index in [4.69, 9.17) is 9.05 Å². The molecule has 0 fully saturated rings. The zero-order chi connectivity index (χ0) is 17.3. The van der Waals surface area contributed by atoms with Gasteiger partial charge in [0.2, 0.25) is 0 Å². The molecule has 2 heterocycles. The first kappa shape index (κ1) is 16.9. The van der Waals surface area contributed by atoms with Gasteiger partial charge in [-0.1, -0.05) is 24.3 Å². The van der Waals surface area contributed by atoms with Crippen molar-refractivity contribution >= 4 is 18.4 Å². The Morgan fingerprint density at radius 1 is 1.08 bits per heavy atom. The smallest absolute Gasteiger partial charge is 0.307 e. The molecule has 0 amide bonds. The third kappa shape index (κ3) is 2.59. The first-order valence-corrected chi connectivity index (χ1v) is 9.44. The predicted molar refractivity (Wildman–Crippen MR) is 91.5 cm³/mol. The molecule has 0 saturated carbocycles. The van der Waals surface area contributed by atoms with Crippen molar-refractivity contribution in [3.8, 4) is 0 Å². The van der Waals surface area contributed by atoms with E-state index in [2.05, 4.69) is 0 Å². The second-order valence-corrected chi connectivity index (χ2v) is 7.42. The van der Waals surface area contributed by atoms with Gasteiger partial charge in [-0.25, -0.2) is 9.36 Å². The lowest BCUT2D eigenvalue weighted by Crippen LogP contribution is -2.42. The fourth-order valence-corrected chi connectivity index (χ4v) is 4.84. The molecule has 1 aliphatic heterocycles. The lowest BCUT2D eigenvalue weighted by atomic mass is 10.2. The van der Waals surface area contributed by atoms with Crippen LogP contribution in [0, 0.1) is 0 Å². The molecule has 0 radical (unpaired) electrons. The van der Waals surface area contributed by atoms with Crippen molar-refractivity contribution in [3.63, 3.8) is 0 Å². The van der Waals surface area contributed by atoms with E-state index < -0.39 is 13.4 Å². The highest BCUT2D eigenvalue weighted by Crippen LogP contribution is 2.59. The van der Waals surface area contributed by atoms with Crippen molar-refractivity contribution in [2.45, 2.75) is 26.2 Å². The van der Waals surface area contributed by atoms with E-state index in [-0.39, 0.29) is 30.9 Å². The minimum Gasteiger partial charge on any atom is -0.307 e. The number of nitrogens with zero attached hydrogens (tertiary/aromatic N) is 2. The zero-order valence-corrected chi connectivity index (χ0v) is 14.4. The van der Waals surface area contributed by atoms with E-state index in [1.165, 1.54) is 9.36 Å². The van der Waals surface area contributed by atoms with E-state index in [0.717, 1.165) is 0 Å². The van der Waals surface area contributed by atoms with Gasteiger partial charge in [0.1, 0.15) is 0 Å². The molecule has 0 aliphatic carbocycles. The molecule has 2 aromatic rings. The molecule has 1 atom stereocenters. The predicted octanol–water partition coefficient (Wildman–Crippen LogP) is 2.50. The van der Waals surface area contributed by atoms with Gasteiger partial charge in [-0.15, -0.1) is 0 Å². The average molecular weight is 350 g/mol. The molecule has 0 N–H and O–H groups in total. The van der Waals surface area contributed by atoms with Crippen molar-refractivity contribution in [2.75, 3.05) is 13.2 Å². The van der Waals surface area contributed by atoms with Crippen LogP contribution in [-0.4, -0.2) is 22.6 Å². The number of hydrogen-bond acceptors (Lipinski definition) is 5. The van der Waals surface area contributed by atoms with Gasteiger partial charge in [0.05, 0.1) is 30.5 Å². The molecule has 1 aliphatic rings. The Balaban J connectivity index is 2.31. The third-order valence-corrected chi connectivity index (χ3v) is 6.14. The molecule has 0 bridgehead atoms. The summed E-state index contributed by atoms with van der Waals surface area (Å²) < 4.78 is 26.4. The second-order valence-electron chi connectivity index (χ2n) is 5.30. The van der Waals surface area contributed by atoms with Gasteiger partial charge < -0.3 is 9.05 Å². The molecule has 1 aromatic heterocycles. The summed E-state index contributed by atoms with van der Waals surface area (Å²) in [5.41, 5.74) is -0.696. The van der Waals surface area contributed by atoms with E-state index in [9.17, 15) is 14.2 Å². The lowest BCUT2D eigenvalue weighted by Gasteiger charge is -2.30. The van der Waals surface area contributed by atoms with Crippen molar-refractivity contribution in [1.82, 2.24) is 9.36 Å². The summed E-state index contributed by atoms with van der Waals surface area (Å²) in [6.07, 6.45) is 3.31. The summed E-state index contributed by atoms with van der Waals surface area (Å²) in [4.78, 5) is 25.6. The van der Waals surface area contributed by atoms with Crippen molar-refractivity contribution in [1.29, 1.82) is 0 Å². The van der Waals surface area contributed by atoms with Gasteiger partial charge in [-0.2, -0.15) is 0 Å². The number of hydrogen-bond donors (Lipinski definition) is 0. The van der Waals surface area contributed by atoms with Crippen LogP contribution in [0.4, 0.5) is 0 Å². The highest BCUT2D eigenvalue weighted by Gasteiger charge is 2.39. The van der Waals surface area contributed by atoms with Crippen LogP contribution in [0.1, 0.15) is 19.6 Å². The monoisotopic (exact) mass is 350 g/mol. The minimum atomic E-state index is -3.64. The Labute approximate surface area is 138 Å². The topological polar surface area (TPSA) is 79.5 Å². The van der Waals surface area contributed by atoms with Crippen LogP contribution in [0.15, 0.2) is 46.0 Å². The molecule has 24 heavy (non-hydrogen) atoms. The normalized spacial score (nSPS) is 17.2. The Hall–Kier alpha value is -1.95. The van der Waals surface area contributed by atoms with Crippen LogP contribution < -0.4 is 11.1 Å². The summed E-state index contributed by atoms with van der Waals surface area (Å²) in [5, 5.41) is 0.633. The highest BCUT2D eigenvalue weighted by molar-refractivity contribution is 7.54. The Morgan fingerprint density at radius 3 is 2.25 bits per heavy atom. The van der Waals surface area contributed by atoms with Crippen LogP contribution in [0.3, 0.4) is 0 Å². The summed E-state index contributed by atoms with van der Waals surface area (Å²) in [6.45, 7) is 3.99. The number of fused-ring (bicyclic) bond motifs is 2. The summed E-state index contributed by atoms with van der Waals surface area (Å²) in [7, 11) is -3.64. The molecule has 3 rings (SSSR count). The van der Waals surface area contributed by atoms with Gasteiger partial charge in [0, 0.05) is 0 Å². The first-order chi connectivity index (χ1) is 11.5. The minimum absolute atomic E-state index is 0.175. The molecular weight excluding hydrogens is 331 g/mol. The lowest BCUT2D eigenvalue weighted by molar-refractivity contribution is 0.202. The van der Waals surface area contributed by atoms with Gasteiger partial charge in [-0.3, -0.25) is 14.2 Å². The van der Waals surface area contributed by atoms with E-state index in [1.807, 2.05) is 0 Å². The van der Waals surface area contributed by atoms with Gasteiger partial charge in [0.25, 0.3) is 11.1 Å². The molecule has 8 heteroatoms. The quantitative estimate of drug-likeness (QED) is 0.611. The van der Waals surface area contributed by atoms with Crippen molar-refractivity contribution in [3.05, 3.63) is 57.1 Å². The molecule has 1 aromatic carbocycles. The Morgan fingerprint density at radius 2 is 1.67 bits per heavy atom. The number of benzene rings is 1. The first-order valence-electron chi connectivity index (χ1n) is 7.83. The van der Waals surface area contributed by atoms with E-state index in [1.54, 1.807) is 50.3 Å². The Bertz CT molecular complexity index is 949. The molecule has 1 unspecified atom stereocenters. The van der Waals surface area contributed by atoms with Gasteiger partial charge in [0.15, 0.2) is 5.78 Å². The third-order valence-electron chi connectivity index (χ3n) is 3.87. The maximum absolute atomic E-state index is 13.2. The van der Waals surface area contributed by atoms with E-state index in [0.29, 0.717) is 10.8 Å². The fourth-order valence-electron chi connectivity index (χ4n) is 2.91. The van der Waals surface area contributed by atoms with Gasteiger partial charge in [-0.05, 0) is 26.0 Å². The maximum Gasteiger partial charge on any atom is 0.358 e. The van der Waals surface area contributed by atoms with Crippen LogP contribution >= 0.6 is 7.60 Å². The van der Waals surface area contributed by atoms with Crippen LogP contribution in [0.25, 0.3) is 10.8 Å². The van der Waals surface area contributed by atoms with Crippen molar-refractivity contribution in [2.24, 2.45) is 0 Å². The zero-order valence-electron chi connectivity index (χ0n) is 13.5. The highest BCUT2D eigenvalue weighted by atomic mass is 31.2.